The number of benzene rings is 1. The largest absolute Gasteiger partial charge is 0.477 e. The van der Waals surface area contributed by atoms with Crippen LogP contribution in [0.25, 0.3) is 0 Å². The minimum absolute atomic E-state index is 0.0895. The molecule has 0 bridgehead atoms. The number of hydrogen-bond acceptors (Lipinski definition) is 7. The van der Waals surface area contributed by atoms with Crippen LogP contribution in [0.1, 0.15) is 37.0 Å². The fraction of sp³-hybridized carbons (Fsp3) is 0.565. The molecule has 3 aliphatic rings. The van der Waals surface area contributed by atoms with Crippen molar-refractivity contribution in [1.82, 2.24) is 9.80 Å². The van der Waals surface area contributed by atoms with E-state index in [1.54, 1.807) is 18.7 Å². The molecule has 0 radical (unpaired) electrons. The molecule has 0 spiro atoms. The molecule has 8 nitrogen and oxygen atoms in total. The highest BCUT2D eigenvalue weighted by molar-refractivity contribution is 8.03. The van der Waals surface area contributed by atoms with Crippen molar-refractivity contribution in [2.75, 3.05) is 13.1 Å². The van der Waals surface area contributed by atoms with Crippen molar-refractivity contribution in [2.45, 2.75) is 57.3 Å². The highest BCUT2D eigenvalue weighted by atomic mass is 32.2. The van der Waals surface area contributed by atoms with Gasteiger partial charge in [0.25, 0.3) is 0 Å². The number of thioether (sulfide) groups is 1. The van der Waals surface area contributed by atoms with Gasteiger partial charge in [0.2, 0.25) is 5.91 Å². The average Bonchev–Trinajstić information content (AvgIpc) is 3.28. The summed E-state index contributed by atoms with van der Waals surface area (Å²) in [6.07, 6.45) is 0.174. The van der Waals surface area contributed by atoms with Gasteiger partial charge in [0.05, 0.1) is 18.1 Å². The minimum Gasteiger partial charge on any atom is -0.477 e. The lowest BCUT2D eigenvalue weighted by Crippen LogP contribution is -2.63. The summed E-state index contributed by atoms with van der Waals surface area (Å²) in [7, 11) is 0. The fourth-order valence-electron chi connectivity index (χ4n) is 5.32. The van der Waals surface area contributed by atoms with Crippen LogP contribution in [0.15, 0.2) is 28.8 Å². The molecule has 1 amide bonds. The Morgan fingerprint density at radius 3 is 2.62 bits per heavy atom. The fourth-order valence-corrected chi connectivity index (χ4v) is 6.84. The SMILES string of the molecule is C[C@@H](O)[C@H]1C(=O)N2C(C(=O)O)=C(S[C@@H]3CCN(Cc4ccc(CN)c(CN)c4)C3)[C@H](C)[C@H]12. The molecule has 1 aromatic rings. The topological polar surface area (TPSA) is 133 Å². The molecule has 0 unspecified atom stereocenters. The first-order chi connectivity index (χ1) is 15.3. The number of amides is 1. The summed E-state index contributed by atoms with van der Waals surface area (Å²) >= 11 is 1.60. The molecule has 0 saturated carbocycles. The maximum absolute atomic E-state index is 12.5. The van der Waals surface area contributed by atoms with E-state index in [1.165, 1.54) is 10.5 Å². The van der Waals surface area contributed by atoms with E-state index in [2.05, 4.69) is 17.0 Å². The third kappa shape index (κ3) is 3.97. The Morgan fingerprint density at radius 1 is 1.28 bits per heavy atom. The van der Waals surface area contributed by atoms with E-state index in [-0.39, 0.29) is 28.8 Å². The predicted molar refractivity (Wildman–Crippen MR) is 123 cm³/mol. The number of carboxylic acid groups (broad SMARTS) is 1. The number of likely N-dealkylation sites (tertiary alicyclic amines) is 1. The Bertz CT molecular complexity index is 950. The van der Waals surface area contributed by atoms with Gasteiger partial charge in [-0.05, 0) is 36.6 Å². The first-order valence-corrected chi connectivity index (χ1v) is 12.0. The van der Waals surface area contributed by atoms with Crippen LogP contribution in [0.2, 0.25) is 0 Å². The van der Waals surface area contributed by atoms with Crippen molar-refractivity contribution in [1.29, 1.82) is 0 Å². The van der Waals surface area contributed by atoms with Gasteiger partial charge in [0.1, 0.15) is 5.70 Å². The number of carboxylic acids is 1. The molecular weight excluding hydrogens is 428 g/mol. The van der Waals surface area contributed by atoms with E-state index in [4.69, 9.17) is 11.5 Å². The molecule has 2 saturated heterocycles. The third-order valence-corrected chi connectivity index (χ3v) is 8.49. The van der Waals surface area contributed by atoms with E-state index in [0.717, 1.165) is 42.1 Å². The molecule has 3 aliphatic heterocycles. The lowest BCUT2D eigenvalue weighted by atomic mass is 9.79. The molecule has 0 aromatic heterocycles. The number of nitrogens with two attached hydrogens (primary N) is 2. The maximum Gasteiger partial charge on any atom is 0.353 e. The number of hydrogen-bond donors (Lipinski definition) is 4. The summed E-state index contributed by atoms with van der Waals surface area (Å²) in [5.41, 5.74) is 15.1. The second-order valence-corrected chi connectivity index (χ2v) is 10.4. The summed E-state index contributed by atoms with van der Waals surface area (Å²) in [5, 5.41) is 20.1. The Hall–Kier alpha value is -1.91. The number of aliphatic carboxylic acids is 1. The number of aliphatic hydroxyl groups excluding tert-OH is 1. The first-order valence-electron chi connectivity index (χ1n) is 11.1. The molecule has 2 fully saturated rings. The molecule has 4 rings (SSSR count). The Morgan fingerprint density at radius 2 is 2.00 bits per heavy atom. The Balaban J connectivity index is 1.44. The van der Waals surface area contributed by atoms with Crippen LogP contribution in [0.5, 0.6) is 0 Å². The van der Waals surface area contributed by atoms with Crippen LogP contribution in [-0.2, 0) is 29.2 Å². The minimum atomic E-state index is -1.07. The van der Waals surface area contributed by atoms with Crippen LogP contribution in [0, 0.1) is 11.8 Å². The van der Waals surface area contributed by atoms with Crippen LogP contribution >= 0.6 is 11.8 Å². The van der Waals surface area contributed by atoms with Gasteiger partial charge >= 0.3 is 5.97 Å². The zero-order chi connectivity index (χ0) is 23.2. The number of fused-ring (bicyclic) bond motifs is 1. The van der Waals surface area contributed by atoms with Gasteiger partial charge in [0.15, 0.2) is 0 Å². The monoisotopic (exact) mass is 460 g/mol. The van der Waals surface area contributed by atoms with E-state index in [1.807, 2.05) is 13.0 Å². The molecule has 1 aromatic carbocycles. The lowest BCUT2D eigenvalue weighted by molar-refractivity contribution is -0.163. The average molecular weight is 461 g/mol. The summed E-state index contributed by atoms with van der Waals surface area (Å²) < 4.78 is 0. The third-order valence-electron chi connectivity index (χ3n) is 6.95. The van der Waals surface area contributed by atoms with Gasteiger partial charge in [0, 0.05) is 42.3 Å². The zero-order valence-corrected chi connectivity index (χ0v) is 19.3. The molecular formula is C23H32N4O4S. The van der Waals surface area contributed by atoms with E-state index in [0.29, 0.717) is 13.1 Å². The van der Waals surface area contributed by atoms with E-state index in [9.17, 15) is 19.8 Å². The van der Waals surface area contributed by atoms with Crippen molar-refractivity contribution in [3.63, 3.8) is 0 Å². The van der Waals surface area contributed by atoms with Crippen molar-refractivity contribution < 1.29 is 19.8 Å². The number of carbonyl (C=O) groups is 2. The van der Waals surface area contributed by atoms with Gasteiger partial charge in [-0.1, -0.05) is 25.1 Å². The number of carbonyl (C=O) groups excluding carboxylic acids is 1. The Kier molecular flexibility index (Phi) is 6.65. The molecule has 6 N–H and O–H groups in total. The molecule has 0 aliphatic carbocycles. The van der Waals surface area contributed by atoms with Gasteiger partial charge < -0.3 is 26.6 Å². The Labute approximate surface area is 192 Å². The van der Waals surface area contributed by atoms with E-state index >= 15 is 0 Å². The first kappa shape index (κ1) is 23.3. The van der Waals surface area contributed by atoms with Crippen LogP contribution in [-0.4, -0.2) is 62.4 Å². The second-order valence-electron chi connectivity index (χ2n) is 9.05. The van der Waals surface area contributed by atoms with Gasteiger partial charge in [-0.25, -0.2) is 4.79 Å². The number of nitrogens with zero attached hydrogens (tertiary/aromatic N) is 2. The van der Waals surface area contributed by atoms with Gasteiger partial charge in [-0.3, -0.25) is 9.69 Å². The highest BCUT2D eigenvalue weighted by Gasteiger charge is 2.60. The summed E-state index contributed by atoms with van der Waals surface area (Å²) in [6.45, 7) is 7.11. The zero-order valence-electron chi connectivity index (χ0n) is 18.5. The standard InChI is InChI=1S/C23H32N4O4S/c1-12-19-18(13(2)28)22(29)27(19)20(23(30)31)21(12)32-17-5-6-26(11-17)10-14-3-4-15(8-24)16(7-14)9-25/h3-4,7,12-13,17-19,28H,5-6,8-11,24-25H2,1-2H3,(H,30,31)/t12-,13-,17-,18-,19-/m1/s1. The molecule has 32 heavy (non-hydrogen) atoms. The molecule has 5 atom stereocenters. The number of rotatable bonds is 8. The molecule has 9 heteroatoms. The summed E-state index contributed by atoms with van der Waals surface area (Å²) in [5.74, 6) is -1.96. The normalized spacial score (nSPS) is 28.8. The molecule has 174 valence electrons. The lowest BCUT2D eigenvalue weighted by Gasteiger charge is -2.46. The van der Waals surface area contributed by atoms with Crippen molar-refractivity contribution in [3.05, 3.63) is 45.5 Å². The van der Waals surface area contributed by atoms with Crippen molar-refractivity contribution >= 4 is 23.6 Å². The number of aliphatic hydroxyl groups is 1. The summed E-state index contributed by atoms with van der Waals surface area (Å²) in [6, 6.07) is 6.01. The van der Waals surface area contributed by atoms with Crippen molar-refractivity contribution in [3.8, 4) is 0 Å². The van der Waals surface area contributed by atoms with Crippen LogP contribution in [0.4, 0.5) is 0 Å². The quantitative estimate of drug-likeness (QED) is 0.423. The van der Waals surface area contributed by atoms with Crippen LogP contribution in [0.3, 0.4) is 0 Å². The highest BCUT2D eigenvalue weighted by Crippen LogP contribution is 2.51. The van der Waals surface area contributed by atoms with Crippen LogP contribution < -0.4 is 11.5 Å². The van der Waals surface area contributed by atoms with Gasteiger partial charge in [-0.2, -0.15) is 0 Å². The number of β-lactam (4-membered cyclic amide) rings is 1. The second kappa shape index (κ2) is 9.15. The predicted octanol–water partition coefficient (Wildman–Crippen LogP) is 1.07. The van der Waals surface area contributed by atoms with Gasteiger partial charge in [-0.15, -0.1) is 11.8 Å². The maximum atomic E-state index is 12.5. The molecule has 3 heterocycles. The smallest absolute Gasteiger partial charge is 0.353 e. The van der Waals surface area contributed by atoms with E-state index < -0.39 is 18.0 Å². The van der Waals surface area contributed by atoms with Crippen molar-refractivity contribution in [2.24, 2.45) is 23.3 Å². The summed E-state index contributed by atoms with van der Waals surface area (Å²) in [4.78, 5) is 29.1.